The Morgan fingerprint density at radius 3 is 2.48 bits per heavy atom. The topological polar surface area (TPSA) is 66.5 Å². The molecule has 0 heterocycles. The van der Waals surface area contributed by atoms with E-state index in [9.17, 15) is 13.2 Å². The number of benzene rings is 2. The van der Waals surface area contributed by atoms with Gasteiger partial charge in [0.25, 0.3) is 0 Å². The zero-order valence-corrected chi connectivity index (χ0v) is 17.8. The molecule has 1 unspecified atom stereocenters. The molecule has 1 N–H and O–H groups in total. The number of hydrogen-bond acceptors (Lipinski definition) is 3. The maximum atomic E-state index is 12.5. The lowest BCUT2D eigenvalue weighted by molar-refractivity contribution is -0.120. The third-order valence-corrected chi connectivity index (χ3v) is 6.47. The number of rotatable bonds is 6. The number of nitrogens with one attached hydrogen (secondary N) is 1. The van der Waals surface area contributed by atoms with Gasteiger partial charge in [0.15, 0.2) is 0 Å². The van der Waals surface area contributed by atoms with Gasteiger partial charge < -0.3 is 5.32 Å². The first-order valence-corrected chi connectivity index (χ1v) is 11.5. The van der Waals surface area contributed by atoms with Gasteiger partial charge in [-0.1, -0.05) is 34.1 Å². The van der Waals surface area contributed by atoms with Crippen molar-refractivity contribution in [1.29, 1.82) is 0 Å². The van der Waals surface area contributed by atoms with Crippen LogP contribution in [0.5, 0.6) is 0 Å². The van der Waals surface area contributed by atoms with Crippen LogP contribution in [0.1, 0.15) is 36.1 Å². The Morgan fingerprint density at radius 2 is 1.81 bits per heavy atom. The average molecular weight is 451 g/mol. The number of halogens is 1. The molecule has 0 aromatic heterocycles. The fourth-order valence-corrected chi connectivity index (χ4v) is 4.49. The molecular formula is C20H23BrN2O3S. The van der Waals surface area contributed by atoms with Crippen molar-refractivity contribution in [3.63, 3.8) is 0 Å². The van der Waals surface area contributed by atoms with Crippen LogP contribution in [0.2, 0.25) is 0 Å². The number of amides is 1. The summed E-state index contributed by atoms with van der Waals surface area (Å²) in [5.41, 5.74) is 4.23. The maximum Gasteiger partial charge on any atom is 0.241 e. The number of hydrogen-bond donors (Lipinski definition) is 1. The monoisotopic (exact) mass is 450 g/mol. The van der Waals surface area contributed by atoms with Crippen LogP contribution in [0.4, 0.5) is 5.69 Å². The standard InChI is InChI=1S/C20H23BrN2O3S/c1-14(16-7-6-15-4-3-5-17(15)12-16)22-20(24)13-23(27(2,25)26)19-10-8-18(21)9-11-19/h6-12,14H,3-5,13H2,1-2H3,(H,22,24). The van der Waals surface area contributed by atoms with Gasteiger partial charge in [-0.05, 0) is 67.1 Å². The predicted molar refractivity (Wildman–Crippen MR) is 111 cm³/mol. The Hall–Kier alpha value is -1.86. The first kappa shape index (κ1) is 19.9. The molecule has 0 saturated heterocycles. The van der Waals surface area contributed by atoms with Crippen LogP contribution >= 0.6 is 15.9 Å². The van der Waals surface area contributed by atoms with Gasteiger partial charge in [-0.2, -0.15) is 0 Å². The molecule has 0 spiro atoms. The van der Waals surface area contributed by atoms with Crippen LogP contribution in [-0.4, -0.2) is 27.1 Å². The normalized spacial score (nSPS) is 14.5. The molecule has 1 amide bonds. The summed E-state index contributed by atoms with van der Waals surface area (Å²) < 4.78 is 26.3. The number of aryl methyl sites for hydroxylation is 2. The Labute approximate surface area is 169 Å². The number of nitrogens with zero attached hydrogens (tertiary/aromatic N) is 1. The molecule has 0 aliphatic heterocycles. The first-order valence-electron chi connectivity index (χ1n) is 8.88. The quantitative estimate of drug-likeness (QED) is 0.730. The van der Waals surface area contributed by atoms with Gasteiger partial charge in [0.05, 0.1) is 18.0 Å². The Kier molecular flexibility index (Phi) is 5.91. The third kappa shape index (κ3) is 4.90. The summed E-state index contributed by atoms with van der Waals surface area (Å²) in [7, 11) is -3.58. The van der Waals surface area contributed by atoms with E-state index in [1.165, 1.54) is 17.5 Å². The van der Waals surface area contributed by atoms with Crippen LogP contribution in [0.25, 0.3) is 0 Å². The molecule has 2 aromatic rings. The molecule has 7 heteroatoms. The van der Waals surface area contributed by atoms with E-state index >= 15 is 0 Å². The van der Waals surface area contributed by atoms with Crippen molar-refractivity contribution in [1.82, 2.24) is 5.32 Å². The Bertz CT molecular complexity index is 942. The van der Waals surface area contributed by atoms with Gasteiger partial charge in [-0.25, -0.2) is 8.42 Å². The van der Waals surface area contributed by atoms with Crippen molar-refractivity contribution in [2.45, 2.75) is 32.2 Å². The number of anilines is 1. The molecule has 27 heavy (non-hydrogen) atoms. The zero-order chi connectivity index (χ0) is 19.6. The highest BCUT2D eigenvalue weighted by Crippen LogP contribution is 2.25. The molecule has 0 radical (unpaired) electrons. The van der Waals surface area contributed by atoms with Crippen molar-refractivity contribution in [2.24, 2.45) is 0 Å². The minimum atomic E-state index is -3.58. The van der Waals surface area contributed by atoms with E-state index in [-0.39, 0.29) is 18.5 Å². The number of fused-ring (bicyclic) bond motifs is 1. The molecule has 1 atom stereocenters. The summed E-state index contributed by atoms with van der Waals surface area (Å²) in [6.07, 6.45) is 4.48. The van der Waals surface area contributed by atoms with Crippen LogP contribution in [0.15, 0.2) is 46.9 Å². The molecule has 3 rings (SSSR count). The summed E-state index contributed by atoms with van der Waals surface area (Å²) in [5, 5.41) is 2.92. The fourth-order valence-electron chi connectivity index (χ4n) is 3.37. The average Bonchev–Trinajstić information content (AvgIpc) is 3.07. The second-order valence-corrected chi connectivity index (χ2v) is 9.74. The van der Waals surface area contributed by atoms with E-state index in [4.69, 9.17) is 0 Å². The van der Waals surface area contributed by atoms with E-state index in [2.05, 4.69) is 33.4 Å². The fraction of sp³-hybridized carbons (Fsp3) is 0.350. The Morgan fingerprint density at radius 1 is 1.15 bits per heavy atom. The van der Waals surface area contributed by atoms with Crippen LogP contribution in [-0.2, 0) is 27.7 Å². The molecule has 5 nitrogen and oxygen atoms in total. The van der Waals surface area contributed by atoms with Crippen molar-refractivity contribution in [3.05, 3.63) is 63.6 Å². The largest absolute Gasteiger partial charge is 0.348 e. The lowest BCUT2D eigenvalue weighted by atomic mass is 10.0. The predicted octanol–water partition coefficient (Wildman–Crippen LogP) is 3.58. The second kappa shape index (κ2) is 8.02. The summed E-state index contributed by atoms with van der Waals surface area (Å²) >= 11 is 3.33. The molecule has 0 saturated carbocycles. The smallest absolute Gasteiger partial charge is 0.241 e. The van der Waals surface area contributed by atoms with Crippen molar-refractivity contribution < 1.29 is 13.2 Å². The lowest BCUT2D eigenvalue weighted by Gasteiger charge is -2.23. The molecule has 1 aliphatic carbocycles. The highest BCUT2D eigenvalue weighted by Gasteiger charge is 2.22. The van der Waals surface area contributed by atoms with E-state index in [1.807, 2.05) is 13.0 Å². The molecule has 0 bridgehead atoms. The minimum absolute atomic E-state index is 0.185. The first-order chi connectivity index (χ1) is 12.7. The van der Waals surface area contributed by atoms with Gasteiger partial charge in [-0.15, -0.1) is 0 Å². The molecule has 1 aliphatic rings. The van der Waals surface area contributed by atoms with Crippen LogP contribution in [0, 0.1) is 0 Å². The van der Waals surface area contributed by atoms with Gasteiger partial charge in [0, 0.05) is 4.47 Å². The number of carbonyl (C=O) groups excluding carboxylic acids is 1. The summed E-state index contributed by atoms with van der Waals surface area (Å²) in [6.45, 7) is 1.66. The molecule has 144 valence electrons. The van der Waals surface area contributed by atoms with Gasteiger partial charge >= 0.3 is 0 Å². The SMILES string of the molecule is CC(NC(=O)CN(c1ccc(Br)cc1)S(C)(=O)=O)c1ccc2c(c1)CCC2. The van der Waals surface area contributed by atoms with Crippen LogP contribution < -0.4 is 9.62 Å². The van der Waals surface area contributed by atoms with Crippen LogP contribution in [0.3, 0.4) is 0 Å². The van der Waals surface area contributed by atoms with Crippen molar-refractivity contribution >= 4 is 37.5 Å². The molecule has 2 aromatic carbocycles. The van der Waals surface area contributed by atoms with Crippen molar-refractivity contribution in [3.8, 4) is 0 Å². The summed E-state index contributed by atoms with van der Waals surface area (Å²) in [6, 6.07) is 13.0. The number of sulfonamides is 1. The van der Waals surface area contributed by atoms with E-state index in [0.717, 1.165) is 33.4 Å². The van der Waals surface area contributed by atoms with Gasteiger partial charge in [0.1, 0.15) is 6.54 Å². The van der Waals surface area contributed by atoms with E-state index < -0.39 is 10.0 Å². The number of carbonyl (C=O) groups is 1. The van der Waals surface area contributed by atoms with E-state index in [1.54, 1.807) is 24.3 Å². The Balaban J connectivity index is 1.71. The van der Waals surface area contributed by atoms with Crippen molar-refractivity contribution in [2.75, 3.05) is 17.1 Å². The molecular weight excluding hydrogens is 428 g/mol. The highest BCUT2D eigenvalue weighted by atomic mass is 79.9. The van der Waals surface area contributed by atoms with E-state index in [0.29, 0.717) is 5.69 Å². The summed E-state index contributed by atoms with van der Waals surface area (Å²) in [5.74, 6) is -0.337. The van der Waals surface area contributed by atoms with Gasteiger partial charge in [-0.3, -0.25) is 9.10 Å². The minimum Gasteiger partial charge on any atom is -0.348 e. The summed E-state index contributed by atoms with van der Waals surface area (Å²) in [4.78, 5) is 12.5. The maximum absolute atomic E-state index is 12.5. The highest BCUT2D eigenvalue weighted by molar-refractivity contribution is 9.10. The lowest BCUT2D eigenvalue weighted by Crippen LogP contribution is -2.41. The third-order valence-electron chi connectivity index (χ3n) is 4.80. The zero-order valence-electron chi connectivity index (χ0n) is 15.4. The van der Waals surface area contributed by atoms with Gasteiger partial charge in [0.2, 0.25) is 15.9 Å². The molecule has 0 fully saturated rings. The second-order valence-electron chi connectivity index (χ2n) is 6.92.